The number of methoxy groups -OCH3 is 2. The van der Waals surface area contributed by atoms with E-state index < -0.39 is 17.9 Å². The van der Waals surface area contributed by atoms with Crippen molar-refractivity contribution in [3.8, 4) is 22.1 Å². The second kappa shape index (κ2) is 9.16. The summed E-state index contributed by atoms with van der Waals surface area (Å²) in [6.45, 7) is 1.59. The van der Waals surface area contributed by atoms with Crippen LogP contribution in [0.4, 0.5) is 5.13 Å². The Balaban J connectivity index is 1.62. The van der Waals surface area contributed by atoms with Gasteiger partial charge in [-0.3, -0.25) is 14.9 Å². The van der Waals surface area contributed by atoms with Crippen LogP contribution in [-0.4, -0.2) is 42.3 Å². The SMILES string of the molecule is COc1ccc(-c2nnc(NC(=O)[C@@H](C)NC(=O)c3ccccc3OC)s2)cc1. The predicted octanol–water partition coefficient (Wildman–Crippen LogP) is 2.98. The molecule has 0 aliphatic heterocycles. The summed E-state index contributed by atoms with van der Waals surface area (Å²) in [5.41, 5.74) is 1.22. The lowest BCUT2D eigenvalue weighted by atomic mass is 10.1. The summed E-state index contributed by atoms with van der Waals surface area (Å²) in [6, 6.07) is 13.4. The van der Waals surface area contributed by atoms with Crippen LogP contribution in [0.5, 0.6) is 11.5 Å². The van der Waals surface area contributed by atoms with Crippen molar-refractivity contribution in [1.82, 2.24) is 15.5 Å². The van der Waals surface area contributed by atoms with E-state index in [2.05, 4.69) is 20.8 Å². The van der Waals surface area contributed by atoms with Crippen LogP contribution in [0.1, 0.15) is 17.3 Å². The first-order chi connectivity index (χ1) is 14.0. The Morgan fingerprint density at radius 1 is 1.00 bits per heavy atom. The summed E-state index contributed by atoms with van der Waals surface area (Å²) in [4.78, 5) is 24.9. The van der Waals surface area contributed by atoms with E-state index in [-0.39, 0.29) is 0 Å². The third kappa shape index (κ3) is 4.88. The molecule has 0 radical (unpaired) electrons. The summed E-state index contributed by atoms with van der Waals surface area (Å²) in [7, 11) is 3.08. The van der Waals surface area contributed by atoms with Crippen LogP contribution in [0.3, 0.4) is 0 Å². The Morgan fingerprint density at radius 3 is 2.41 bits per heavy atom. The highest BCUT2D eigenvalue weighted by molar-refractivity contribution is 7.18. The first-order valence-corrected chi connectivity index (χ1v) is 9.56. The van der Waals surface area contributed by atoms with Gasteiger partial charge in [-0.25, -0.2) is 0 Å². The van der Waals surface area contributed by atoms with Gasteiger partial charge in [0.2, 0.25) is 11.0 Å². The summed E-state index contributed by atoms with van der Waals surface area (Å²) in [5, 5.41) is 14.4. The number of nitrogens with one attached hydrogen (secondary N) is 2. The lowest BCUT2D eigenvalue weighted by Crippen LogP contribution is -2.41. The number of hydrogen-bond donors (Lipinski definition) is 2. The zero-order valence-electron chi connectivity index (χ0n) is 16.1. The van der Waals surface area contributed by atoms with Crippen molar-refractivity contribution in [3.05, 3.63) is 54.1 Å². The van der Waals surface area contributed by atoms with Gasteiger partial charge in [-0.2, -0.15) is 0 Å². The fourth-order valence-electron chi connectivity index (χ4n) is 2.51. The van der Waals surface area contributed by atoms with Crippen molar-refractivity contribution in [1.29, 1.82) is 0 Å². The molecule has 8 nitrogen and oxygen atoms in total. The molecule has 0 unspecified atom stereocenters. The predicted molar refractivity (Wildman–Crippen MR) is 110 cm³/mol. The first kappa shape index (κ1) is 20.3. The van der Waals surface area contributed by atoms with Gasteiger partial charge in [-0.1, -0.05) is 23.5 Å². The molecule has 0 saturated carbocycles. The van der Waals surface area contributed by atoms with E-state index in [1.54, 1.807) is 38.3 Å². The van der Waals surface area contributed by atoms with Crippen LogP contribution in [0.2, 0.25) is 0 Å². The number of carbonyl (C=O) groups is 2. The minimum Gasteiger partial charge on any atom is -0.497 e. The highest BCUT2D eigenvalue weighted by atomic mass is 32.1. The van der Waals surface area contributed by atoms with Crippen LogP contribution < -0.4 is 20.1 Å². The Labute approximate surface area is 171 Å². The molecular weight excluding hydrogens is 392 g/mol. The molecule has 9 heteroatoms. The van der Waals surface area contributed by atoms with E-state index in [1.807, 2.05) is 24.3 Å². The highest BCUT2D eigenvalue weighted by Crippen LogP contribution is 2.27. The van der Waals surface area contributed by atoms with Crippen LogP contribution in [0, 0.1) is 0 Å². The number of aromatic nitrogens is 2. The average molecular weight is 412 g/mol. The van der Waals surface area contributed by atoms with Crippen molar-refractivity contribution in [2.45, 2.75) is 13.0 Å². The van der Waals surface area contributed by atoms with Crippen LogP contribution >= 0.6 is 11.3 Å². The van der Waals surface area contributed by atoms with E-state index in [4.69, 9.17) is 9.47 Å². The Kier molecular flexibility index (Phi) is 6.40. The number of rotatable bonds is 7. The molecule has 0 fully saturated rings. The van der Waals surface area contributed by atoms with Gasteiger partial charge < -0.3 is 14.8 Å². The standard InChI is InChI=1S/C20H20N4O4S/c1-12(21-18(26)15-6-4-5-7-16(15)28-3)17(25)22-20-24-23-19(29-20)13-8-10-14(27-2)11-9-13/h4-12H,1-3H3,(H,21,26)(H,22,24,25)/t12-/m1/s1. The van der Waals surface area contributed by atoms with E-state index in [9.17, 15) is 9.59 Å². The third-order valence-corrected chi connectivity index (χ3v) is 4.97. The average Bonchev–Trinajstić information content (AvgIpc) is 3.22. The molecule has 0 aliphatic carbocycles. The van der Waals surface area contributed by atoms with Gasteiger partial charge in [0.15, 0.2) is 0 Å². The van der Waals surface area contributed by atoms with Gasteiger partial charge in [0.05, 0.1) is 19.8 Å². The molecule has 1 heterocycles. The molecule has 0 aliphatic rings. The van der Waals surface area contributed by atoms with E-state index in [0.29, 0.717) is 21.5 Å². The maximum absolute atomic E-state index is 12.4. The smallest absolute Gasteiger partial charge is 0.255 e. The van der Waals surface area contributed by atoms with Gasteiger partial charge in [-0.05, 0) is 43.3 Å². The number of carbonyl (C=O) groups excluding carboxylic acids is 2. The second-order valence-electron chi connectivity index (χ2n) is 6.03. The lowest BCUT2D eigenvalue weighted by molar-refractivity contribution is -0.117. The Hall–Kier alpha value is -3.46. The summed E-state index contributed by atoms with van der Waals surface area (Å²) < 4.78 is 10.3. The fourth-order valence-corrected chi connectivity index (χ4v) is 3.26. The van der Waals surface area contributed by atoms with Gasteiger partial charge in [0.25, 0.3) is 5.91 Å². The number of hydrogen-bond acceptors (Lipinski definition) is 7. The molecule has 1 atom stereocenters. The Morgan fingerprint density at radius 2 is 1.72 bits per heavy atom. The van der Waals surface area contributed by atoms with Gasteiger partial charge in [0, 0.05) is 5.56 Å². The minimum atomic E-state index is -0.777. The van der Waals surface area contributed by atoms with Crippen LogP contribution in [-0.2, 0) is 4.79 Å². The van der Waals surface area contributed by atoms with Gasteiger partial charge >= 0.3 is 0 Å². The maximum atomic E-state index is 12.4. The van der Waals surface area contributed by atoms with Crippen molar-refractivity contribution in [3.63, 3.8) is 0 Å². The summed E-state index contributed by atoms with van der Waals surface area (Å²) >= 11 is 1.24. The minimum absolute atomic E-state index is 0.346. The van der Waals surface area contributed by atoms with E-state index in [0.717, 1.165) is 11.3 Å². The van der Waals surface area contributed by atoms with Crippen molar-refractivity contribution < 1.29 is 19.1 Å². The lowest BCUT2D eigenvalue weighted by Gasteiger charge is -2.14. The van der Waals surface area contributed by atoms with Crippen LogP contribution in [0.15, 0.2) is 48.5 Å². The zero-order valence-corrected chi connectivity index (χ0v) is 16.9. The topological polar surface area (TPSA) is 102 Å². The second-order valence-corrected chi connectivity index (χ2v) is 7.00. The molecule has 29 heavy (non-hydrogen) atoms. The van der Waals surface area contributed by atoms with E-state index in [1.165, 1.54) is 18.4 Å². The summed E-state index contributed by atoms with van der Waals surface area (Å²) in [6.07, 6.45) is 0. The molecule has 0 saturated heterocycles. The molecule has 150 valence electrons. The van der Waals surface area contributed by atoms with Gasteiger partial charge in [0.1, 0.15) is 22.5 Å². The van der Waals surface area contributed by atoms with Crippen molar-refractivity contribution >= 4 is 28.3 Å². The molecule has 2 N–H and O–H groups in total. The number of nitrogens with zero attached hydrogens (tertiary/aromatic N) is 2. The Bertz CT molecular complexity index is 1000. The molecule has 0 spiro atoms. The monoisotopic (exact) mass is 412 g/mol. The fraction of sp³-hybridized carbons (Fsp3) is 0.200. The number of para-hydroxylation sites is 1. The molecule has 3 rings (SSSR count). The van der Waals surface area contributed by atoms with E-state index >= 15 is 0 Å². The van der Waals surface area contributed by atoms with Crippen molar-refractivity contribution in [2.24, 2.45) is 0 Å². The number of ether oxygens (including phenoxy) is 2. The number of anilines is 1. The van der Waals surface area contributed by atoms with Crippen LogP contribution in [0.25, 0.3) is 10.6 Å². The molecule has 1 aromatic heterocycles. The quantitative estimate of drug-likeness (QED) is 0.619. The maximum Gasteiger partial charge on any atom is 0.255 e. The van der Waals surface area contributed by atoms with Gasteiger partial charge in [-0.15, -0.1) is 10.2 Å². The molecular formula is C20H20N4O4S. The molecule has 2 aromatic carbocycles. The largest absolute Gasteiger partial charge is 0.497 e. The summed E-state index contributed by atoms with van der Waals surface area (Å²) in [5.74, 6) is 0.379. The zero-order chi connectivity index (χ0) is 20.8. The number of benzene rings is 2. The normalized spacial score (nSPS) is 11.4. The highest BCUT2D eigenvalue weighted by Gasteiger charge is 2.20. The molecule has 3 aromatic rings. The molecule has 2 amide bonds. The number of amides is 2. The first-order valence-electron chi connectivity index (χ1n) is 8.74. The molecule has 0 bridgehead atoms. The third-order valence-electron chi connectivity index (χ3n) is 4.08. The van der Waals surface area contributed by atoms with Crippen molar-refractivity contribution in [2.75, 3.05) is 19.5 Å².